The molecule has 0 spiro atoms. The number of hydrogen-bond donors (Lipinski definition) is 2. The van der Waals surface area contributed by atoms with Gasteiger partial charge in [0.15, 0.2) is 0 Å². The van der Waals surface area contributed by atoms with Crippen LogP contribution in [0.1, 0.15) is 17.4 Å². The lowest BCUT2D eigenvalue weighted by molar-refractivity contribution is 0.607. The Labute approximate surface area is 84.5 Å². The molecule has 2 aromatic heterocycles. The van der Waals surface area contributed by atoms with E-state index in [2.05, 4.69) is 24.1 Å². The van der Waals surface area contributed by atoms with Crippen molar-refractivity contribution in [3.63, 3.8) is 0 Å². The second-order valence-electron chi connectivity index (χ2n) is 2.56. The van der Waals surface area contributed by atoms with E-state index in [4.69, 9.17) is 5.84 Å². The Hall–Kier alpha value is -1.44. The molecule has 0 fully saturated rings. The van der Waals surface area contributed by atoms with E-state index in [1.165, 1.54) is 0 Å². The van der Waals surface area contributed by atoms with Crippen LogP contribution in [-0.2, 0) is 0 Å². The van der Waals surface area contributed by atoms with Crippen LogP contribution < -0.4 is 11.3 Å². The molecule has 3 N–H and O–H groups in total. The van der Waals surface area contributed by atoms with Gasteiger partial charge in [-0.25, -0.2) is 5.43 Å². The van der Waals surface area contributed by atoms with Crippen LogP contribution in [0, 0.1) is 0 Å². The number of aromatic nitrogens is 4. The minimum atomic E-state index is -0.248. The highest BCUT2D eigenvalue weighted by Gasteiger charge is 2.15. The van der Waals surface area contributed by atoms with Gasteiger partial charge in [-0.1, -0.05) is 0 Å². The maximum absolute atomic E-state index is 5.42. The molecule has 0 aliphatic heterocycles. The summed E-state index contributed by atoms with van der Waals surface area (Å²) in [6.07, 6.45) is 6.52. The van der Waals surface area contributed by atoms with E-state index in [-0.39, 0.29) is 6.04 Å². The SMILES string of the molecule is NNC(c1cnccn1)c1cnsn1. The molecule has 1 unspecified atom stereocenters. The van der Waals surface area contributed by atoms with E-state index < -0.39 is 0 Å². The van der Waals surface area contributed by atoms with Crippen LogP contribution in [0.2, 0.25) is 0 Å². The van der Waals surface area contributed by atoms with E-state index in [0.717, 1.165) is 23.1 Å². The molecule has 2 rings (SSSR count). The molecule has 0 saturated heterocycles. The molecule has 0 amide bonds. The fourth-order valence-electron chi connectivity index (χ4n) is 1.08. The van der Waals surface area contributed by atoms with E-state index in [0.29, 0.717) is 0 Å². The van der Waals surface area contributed by atoms with Gasteiger partial charge in [0.1, 0.15) is 6.04 Å². The maximum Gasteiger partial charge on any atom is 0.109 e. The number of rotatable bonds is 3. The molecule has 0 bridgehead atoms. The van der Waals surface area contributed by atoms with Crippen molar-refractivity contribution in [2.24, 2.45) is 5.84 Å². The minimum absolute atomic E-state index is 0.248. The summed E-state index contributed by atoms with van der Waals surface area (Å²) >= 11 is 1.13. The predicted octanol–water partition coefficient (Wildman–Crippen LogP) is -0.119. The Morgan fingerprint density at radius 3 is 2.79 bits per heavy atom. The van der Waals surface area contributed by atoms with Gasteiger partial charge in [-0.3, -0.25) is 15.8 Å². The second kappa shape index (κ2) is 4.18. The summed E-state index contributed by atoms with van der Waals surface area (Å²) in [6.45, 7) is 0. The van der Waals surface area contributed by atoms with Crippen LogP contribution in [0.3, 0.4) is 0 Å². The Morgan fingerprint density at radius 2 is 2.21 bits per heavy atom. The quantitative estimate of drug-likeness (QED) is 0.540. The fraction of sp³-hybridized carbons (Fsp3) is 0.143. The van der Waals surface area contributed by atoms with E-state index in [1.54, 1.807) is 24.8 Å². The highest BCUT2D eigenvalue weighted by atomic mass is 32.1. The predicted molar refractivity (Wildman–Crippen MR) is 51.1 cm³/mol. The first-order valence-electron chi connectivity index (χ1n) is 3.91. The van der Waals surface area contributed by atoms with Gasteiger partial charge < -0.3 is 0 Å². The average Bonchev–Trinajstić information content (AvgIpc) is 2.74. The second-order valence-corrected chi connectivity index (χ2v) is 3.12. The van der Waals surface area contributed by atoms with Crippen LogP contribution in [-0.4, -0.2) is 18.7 Å². The number of hydrogen-bond acceptors (Lipinski definition) is 7. The van der Waals surface area contributed by atoms with Gasteiger partial charge in [0.05, 0.1) is 35.5 Å². The van der Waals surface area contributed by atoms with Crippen molar-refractivity contribution in [2.75, 3.05) is 0 Å². The van der Waals surface area contributed by atoms with E-state index in [1.807, 2.05) is 0 Å². The summed E-state index contributed by atoms with van der Waals surface area (Å²) in [7, 11) is 0. The third kappa shape index (κ3) is 1.74. The van der Waals surface area contributed by atoms with Gasteiger partial charge >= 0.3 is 0 Å². The highest BCUT2D eigenvalue weighted by Crippen LogP contribution is 2.15. The molecule has 2 heterocycles. The van der Waals surface area contributed by atoms with Crippen LogP contribution in [0.15, 0.2) is 24.8 Å². The Kier molecular flexibility index (Phi) is 2.73. The largest absolute Gasteiger partial charge is 0.270 e. The fourth-order valence-corrected chi connectivity index (χ4v) is 1.53. The number of hydrazine groups is 1. The summed E-state index contributed by atoms with van der Waals surface area (Å²) in [5, 5.41) is 0. The normalized spacial score (nSPS) is 12.6. The van der Waals surface area contributed by atoms with Crippen molar-refractivity contribution in [3.8, 4) is 0 Å². The summed E-state index contributed by atoms with van der Waals surface area (Å²) in [4.78, 5) is 8.10. The standard InChI is InChI=1S/C7H8N6S/c8-12-7(6-4-11-14-13-6)5-3-9-1-2-10-5/h1-4,7,12H,8H2. The zero-order chi connectivity index (χ0) is 9.80. The zero-order valence-corrected chi connectivity index (χ0v) is 7.98. The van der Waals surface area contributed by atoms with Gasteiger partial charge in [-0.15, -0.1) is 0 Å². The lowest BCUT2D eigenvalue weighted by Crippen LogP contribution is -2.29. The molecule has 0 saturated carbocycles. The van der Waals surface area contributed by atoms with Crippen LogP contribution in [0.25, 0.3) is 0 Å². The third-order valence-corrected chi connectivity index (χ3v) is 2.21. The van der Waals surface area contributed by atoms with Gasteiger partial charge in [-0.05, 0) is 0 Å². The summed E-state index contributed by atoms with van der Waals surface area (Å²) in [5.74, 6) is 5.42. The monoisotopic (exact) mass is 208 g/mol. The lowest BCUT2D eigenvalue weighted by atomic mass is 10.2. The van der Waals surface area contributed by atoms with Crippen molar-refractivity contribution in [2.45, 2.75) is 6.04 Å². The smallest absolute Gasteiger partial charge is 0.109 e. The molecular formula is C7H8N6S. The molecule has 6 nitrogen and oxygen atoms in total. The Balaban J connectivity index is 2.31. The third-order valence-electron chi connectivity index (χ3n) is 1.72. The topological polar surface area (TPSA) is 89.6 Å². The summed E-state index contributed by atoms with van der Waals surface area (Å²) < 4.78 is 7.99. The number of nitrogens with one attached hydrogen (secondary N) is 1. The molecule has 72 valence electrons. The Bertz CT molecular complexity index is 374. The summed E-state index contributed by atoms with van der Waals surface area (Å²) in [5.41, 5.74) is 4.10. The van der Waals surface area contributed by atoms with Gasteiger partial charge in [0.2, 0.25) is 0 Å². The van der Waals surface area contributed by atoms with Gasteiger partial charge in [-0.2, -0.15) is 8.75 Å². The average molecular weight is 208 g/mol. The lowest BCUT2D eigenvalue weighted by Gasteiger charge is -2.10. The van der Waals surface area contributed by atoms with Crippen molar-refractivity contribution < 1.29 is 0 Å². The number of nitrogens with zero attached hydrogens (tertiary/aromatic N) is 4. The zero-order valence-electron chi connectivity index (χ0n) is 7.16. The molecule has 0 aliphatic carbocycles. The van der Waals surface area contributed by atoms with Crippen LogP contribution >= 0.6 is 11.7 Å². The first-order chi connectivity index (χ1) is 6.92. The minimum Gasteiger partial charge on any atom is -0.270 e. The first-order valence-corrected chi connectivity index (χ1v) is 4.64. The molecular weight excluding hydrogens is 200 g/mol. The van der Waals surface area contributed by atoms with E-state index in [9.17, 15) is 0 Å². The Morgan fingerprint density at radius 1 is 1.29 bits per heavy atom. The van der Waals surface area contributed by atoms with Crippen molar-refractivity contribution in [3.05, 3.63) is 36.2 Å². The van der Waals surface area contributed by atoms with Crippen LogP contribution in [0.5, 0.6) is 0 Å². The van der Waals surface area contributed by atoms with E-state index >= 15 is 0 Å². The number of nitrogens with two attached hydrogens (primary N) is 1. The molecule has 1 atom stereocenters. The first kappa shape index (κ1) is 9.13. The van der Waals surface area contributed by atoms with Crippen molar-refractivity contribution in [1.82, 2.24) is 24.1 Å². The summed E-state index contributed by atoms with van der Waals surface area (Å²) in [6, 6.07) is -0.248. The van der Waals surface area contributed by atoms with Gasteiger partial charge in [0, 0.05) is 12.4 Å². The molecule has 0 aliphatic rings. The van der Waals surface area contributed by atoms with Crippen LogP contribution in [0.4, 0.5) is 0 Å². The molecule has 14 heavy (non-hydrogen) atoms. The van der Waals surface area contributed by atoms with Crippen molar-refractivity contribution in [1.29, 1.82) is 0 Å². The maximum atomic E-state index is 5.42. The molecule has 7 heteroatoms. The molecule has 0 radical (unpaired) electrons. The molecule has 0 aromatic carbocycles. The molecule has 2 aromatic rings. The highest BCUT2D eigenvalue weighted by molar-refractivity contribution is 6.99. The van der Waals surface area contributed by atoms with Crippen molar-refractivity contribution >= 4 is 11.7 Å². The van der Waals surface area contributed by atoms with Gasteiger partial charge in [0.25, 0.3) is 0 Å².